The molecule has 0 bridgehead atoms. The van der Waals surface area contributed by atoms with Crippen LogP contribution in [0.25, 0.3) is 0 Å². The van der Waals surface area contributed by atoms with E-state index in [1.807, 2.05) is 0 Å². The molecule has 0 aliphatic carbocycles. The van der Waals surface area contributed by atoms with Crippen LogP contribution in [0, 0.1) is 5.82 Å². The van der Waals surface area contributed by atoms with Crippen LogP contribution in [-0.4, -0.2) is 6.61 Å². The zero-order chi connectivity index (χ0) is 10.3. The van der Waals surface area contributed by atoms with Crippen LogP contribution in [0.5, 0.6) is 5.75 Å². The second-order valence-electron chi connectivity index (χ2n) is 3.14. The SMILES string of the molecule is N[C@@H]1CCOc2c(Br)cc(Cl)c(F)c21. The van der Waals surface area contributed by atoms with Crippen LogP contribution in [0.4, 0.5) is 4.39 Å². The molecule has 2 N–H and O–H groups in total. The van der Waals surface area contributed by atoms with Crippen LogP contribution in [0.15, 0.2) is 10.5 Å². The van der Waals surface area contributed by atoms with Crippen molar-refractivity contribution in [3.8, 4) is 5.75 Å². The lowest BCUT2D eigenvalue weighted by Gasteiger charge is -2.24. The highest BCUT2D eigenvalue weighted by atomic mass is 79.9. The molecule has 0 saturated carbocycles. The van der Waals surface area contributed by atoms with E-state index >= 15 is 0 Å². The fourth-order valence-corrected chi connectivity index (χ4v) is 2.41. The van der Waals surface area contributed by atoms with Crippen molar-refractivity contribution in [2.45, 2.75) is 12.5 Å². The summed E-state index contributed by atoms with van der Waals surface area (Å²) in [5.74, 6) is 0.00252. The number of benzene rings is 1. The number of fused-ring (bicyclic) bond motifs is 1. The third-order valence-electron chi connectivity index (χ3n) is 2.21. The van der Waals surface area contributed by atoms with Gasteiger partial charge in [0.1, 0.15) is 11.6 Å². The van der Waals surface area contributed by atoms with Crippen molar-refractivity contribution < 1.29 is 9.13 Å². The molecule has 0 fully saturated rings. The van der Waals surface area contributed by atoms with Crippen molar-refractivity contribution in [2.24, 2.45) is 5.73 Å². The van der Waals surface area contributed by atoms with Gasteiger partial charge in [-0.3, -0.25) is 0 Å². The molecular weight excluding hydrogens is 272 g/mol. The van der Waals surface area contributed by atoms with E-state index in [0.29, 0.717) is 28.8 Å². The average molecular weight is 281 g/mol. The molecule has 0 saturated heterocycles. The van der Waals surface area contributed by atoms with Crippen molar-refractivity contribution >= 4 is 27.5 Å². The van der Waals surface area contributed by atoms with Crippen molar-refractivity contribution in [2.75, 3.05) is 6.61 Å². The van der Waals surface area contributed by atoms with E-state index in [9.17, 15) is 4.39 Å². The van der Waals surface area contributed by atoms with Gasteiger partial charge in [-0.2, -0.15) is 0 Å². The first-order valence-corrected chi connectivity index (χ1v) is 5.34. The molecule has 14 heavy (non-hydrogen) atoms. The first-order chi connectivity index (χ1) is 6.61. The molecule has 0 unspecified atom stereocenters. The monoisotopic (exact) mass is 279 g/mol. The van der Waals surface area contributed by atoms with E-state index < -0.39 is 5.82 Å². The zero-order valence-electron chi connectivity index (χ0n) is 7.19. The maximum atomic E-state index is 13.6. The molecule has 1 heterocycles. The molecule has 1 aliphatic rings. The molecule has 1 aliphatic heterocycles. The lowest BCUT2D eigenvalue weighted by molar-refractivity contribution is 0.262. The maximum Gasteiger partial charge on any atom is 0.150 e. The number of halogens is 3. The minimum atomic E-state index is -0.475. The Morgan fingerprint density at radius 3 is 3.07 bits per heavy atom. The van der Waals surface area contributed by atoms with Gasteiger partial charge >= 0.3 is 0 Å². The number of rotatable bonds is 0. The molecule has 2 nitrogen and oxygen atoms in total. The molecule has 2 rings (SSSR count). The summed E-state index contributed by atoms with van der Waals surface area (Å²) >= 11 is 8.96. The number of hydrogen-bond donors (Lipinski definition) is 1. The second kappa shape index (κ2) is 3.68. The average Bonchev–Trinajstić information content (AvgIpc) is 2.14. The smallest absolute Gasteiger partial charge is 0.150 e. The van der Waals surface area contributed by atoms with Crippen molar-refractivity contribution in [1.29, 1.82) is 0 Å². The fourth-order valence-electron chi connectivity index (χ4n) is 1.51. The lowest BCUT2D eigenvalue weighted by atomic mass is 10.0. The van der Waals surface area contributed by atoms with Crippen LogP contribution >= 0.6 is 27.5 Å². The molecule has 1 aromatic rings. The number of ether oxygens (including phenoxy) is 1. The van der Waals surface area contributed by atoms with Crippen molar-refractivity contribution in [3.05, 3.63) is 26.9 Å². The van der Waals surface area contributed by atoms with E-state index in [0.717, 1.165) is 0 Å². The van der Waals surface area contributed by atoms with Crippen LogP contribution in [0.1, 0.15) is 18.0 Å². The van der Waals surface area contributed by atoms with Gasteiger partial charge in [0.25, 0.3) is 0 Å². The summed E-state index contributed by atoms with van der Waals surface area (Å²) < 4.78 is 19.6. The highest BCUT2D eigenvalue weighted by molar-refractivity contribution is 9.10. The topological polar surface area (TPSA) is 35.2 Å². The Morgan fingerprint density at radius 2 is 2.36 bits per heavy atom. The van der Waals surface area contributed by atoms with Crippen molar-refractivity contribution in [1.82, 2.24) is 0 Å². The summed E-state index contributed by atoms with van der Waals surface area (Å²) in [7, 11) is 0. The van der Waals surface area contributed by atoms with Crippen molar-refractivity contribution in [3.63, 3.8) is 0 Å². The summed E-state index contributed by atoms with van der Waals surface area (Å²) in [6.07, 6.45) is 0.608. The first-order valence-electron chi connectivity index (χ1n) is 4.17. The Kier molecular flexibility index (Phi) is 2.68. The summed E-state index contributed by atoms with van der Waals surface area (Å²) in [4.78, 5) is 0. The Labute approximate surface area is 94.3 Å². The van der Waals surface area contributed by atoms with Gasteiger partial charge in [0.2, 0.25) is 0 Å². The molecule has 5 heteroatoms. The van der Waals surface area contributed by atoms with Gasteiger partial charge < -0.3 is 10.5 Å². The Hall–Kier alpha value is -0.320. The summed E-state index contributed by atoms with van der Waals surface area (Å²) in [6, 6.07) is 1.14. The van der Waals surface area contributed by atoms with Gasteiger partial charge in [0, 0.05) is 18.0 Å². The van der Waals surface area contributed by atoms with E-state index in [-0.39, 0.29) is 11.1 Å². The molecule has 0 aromatic heterocycles. The van der Waals surface area contributed by atoms with Gasteiger partial charge in [0.05, 0.1) is 16.1 Å². The molecule has 1 atom stereocenters. The Morgan fingerprint density at radius 1 is 1.64 bits per heavy atom. The molecule has 0 radical (unpaired) electrons. The fraction of sp³-hybridized carbons (Fsp3) is 0.333. The molecule has 0 spiro atoms. The minimum Gasteiger partial charge on any atom is -0.492 e. The van der Waals surface area contributed by atoms with Crippen LogP contribution < -0.4 is 10.5 Å². The predicted octanol–water partition coefficient (Wildman–Crippen LogP) is 3.02. The van der Waals surface area contributed by atoms with E-state index in [2.05, 4.69) is 15.9 Å². The third-order valence-corrected chi connectivity index (χ3v) is 3.07. The van der Waals surface area contributed by atoms with Gasteiger partial charge in [-0.05, 0) is 22.0 Å². The number of hydrogen-bond acceptors (Lipinski definition) is 2. The summed E-state index contributed by atoms with van der Waals surface area (Å²) in [6.45, 7) is 0.508. The highest BCUT2D eigenvalue weighted by Crippen LogP contribution is 2.41. The van der Waals surface area contributed by atoms with Gasteiger partial charge in [-0.25, -0.2) is 4.39 Å². The lowest BCUT2D eigenvalue weighted by Crippen LogP contribution is -2.22. The zero-order valence-corrected chi connectivity index (χ0v) is 9.53. The summed E-state index contributed by atoms with van der Waals surface area (Å²) in [5, 5.41) is 0.0663. The van der Waals surface area contributed by atoms with Gasteiger partial charge in [-0.1, -0.05) is 11.6 Å². The molecule has 1 aromatic carbocycles. The minimum absolute atomic E-state index is 0.0663. The van der Waals surface area contributed by atoms with E-state index in [1.165, 1.54) is 6.07 Å². The molecular formula is C9H8BrClFNO. The standard InChI is InChI=1S/C9H8BrClFNO/c10-4-3-5(11)8(12)7-6(13)1-2-14-9(4)7/h3,6H,1-2,13H2/t6-/m1/s1. The van der Waals surface area contributed by atoms with Crippen LogP contribution in [0.2, 0.25) is 5.02 Å². The van der Waals surface area contributed by atoms with Crippen LogP contribution in [0.3, 0.4) is 0 Å². The quantitative estimate of drug-likeness (QED) is 0.741. The maximum absolute atomic E-state index is 13.6. The van der Waals surface area contributed by atoms with E-state index in [1.54, 1.807) is 0 Å². The summed E-state index contributed by atoms with van der Waals surface area (Å²) in [5.41, 5.74) is 6.16. The molecule has 0 amide bonds. The first kappa shape index (κ1) is 10.2. The van der Waals surface area contributed by atoms with E-state index in [4.69, 9.17) is 22.1 Å². The number of nitrogens with two attached hydrogens (primary N) is 1. The van der Waals surface area contributed by atoms with Gasteiger partial charge in [0.15, 0.2) is 0 Å². The van der Waals surface area contributed by atoms with Crippen LogP contribution in [-0.2, 0) is 0 Å². The second-order valence-corrected chi connectivity index (χ2v) is 4.40. The Bertz CT molecular complexity index is 386. The van der Waals surface area contributed by atoms with Gasteiger partial charge in [-0.15, -0.1) is 0 Å². The predicted molar refractivity (Wildman–Crippen MR) is 56.2 cm³/mol. The Balaban J connectivity index is 2.67. The highest BCUT2D eigenvalue weighted by Gasteiger charge is 2.26. The normalized spacial score (nSPS) is 20.1. The third kappa shape index (κ3) is 1.51. The largest absolute Gasteiger partial charge is 0.492 e. The molecule has 76 valence electrons.